The van der Waals surface area contributed by atoms with E-state index in [-0.39, 0.29) is 23.2 Å². The maximum atomic E-state index is 11.6. The molecule has 0 aliphatic rings. The summed E-state index contributed by atoms with van der Waals surface area (Å²) >= 11 is 4.75. The molecule has 1 unspecified atom stereocenters. The van der Waals surface area contributed by atoms with Crippen molar-refractivity contribution in [3.05, 3.63) is 0 Å². The smallest absolute Gasteiger partial charge is 0.229 e. The van der Waals surface area contributed by atoms with Crippen molar-refractivity contribution in [2.24, 2.45) is 11.7 Å². The minimum Gasteiger partial charge on any atom is -0.393 e. The lowest BCUT2D eigenvalue weighted by Crippen LogP contribution is -2.40. The second kappa shape index (κ2) is 6.87. The minimum absolute atomic E-state index is 0.0540. The van der Waals surface area contributed by atoms with Gasteiger partial charge in [-0.2, -0.15) is 0 Å². The first-order valence-corrected chi connectivity index (χ1v) is 7.21. The van der Waals surface area contributed by atoms with E-state index in [0.29, 0.717) is 6.42 Å². The lowest BCUT2D eigenvalue weighted by molar-refractivity contribution is -0.122. The van der Waals surface area contributed by atoms with Crippen LogP contribution in [0.2, 0.25) is 0 Å². The van der Waals surface area contributed by atoms with Crippen LogP contribution in [0.3, 0.4) is 0 Å². The number of rotatable bonds is 7. The average molecular weight is 281 g/mol. The van der Waals surface area contributed by atoms with E-state index in [1.807, 2.05) is 0 Å². The van der Waals surface area contributed by atoms with Crippen molar-refractivity contribution < 1.29 is 13.2 Å². The number of hydrogen-bond acceptors (Lipinski definition) is 4. The van der Waals surface area contributed by atoms with Gasteiger partial charge in [0, 0.05) is 20.6 Å². The predicted octanol–water partition coefficient (Wildman–Crippen LogP) is -0.694. The van der Waals surface area contributed by atoms with Crippen LogP contribution < -0.4 is 11.1 Å². The molecule has 0 spiro atoms. The maximum absolute atomic E-state index is 11.6. The summed E-state index contributed by atoms with van der Waals surface area (Å²) in [4.78, 5) is 11.7. The fourth-order valence-corrected chi connectivity index (χ4v) is 2.12. The third-order valence-electron chi connectivity index (χ3n) is 2.28. The van der Waals surface area contributed by atoms with Crippen molar-refractivity contribution in [3.8, 4) is 0 Å². The van der Waals surface area contributed by atoms with Crippen molar-refractivity contribution in [1.29, 1.82) is 0 Å². The molecule has 0 bridgehead atoms. The lowest BCUT2D eigenvalue weighted by Gasteiger charge is -2.15. The Morgan fingerprint density at radius 2 is 2.00 bits per heavy atom. The van der Waals surface area contributed by atoms with Gasteiger partial charge in [0.25, 0.3) is 0 Å². The van der Waals surface area contributed by atoms with Gasteiger partial charge in [-0.05, 0) is 6.42 Å². The summed E-state index contributed by atoms with van der Waals surface area (Å²) in [6.45, 7) is 1.85. The molecular formula is C9H19N3O3S2. The Hall–Kier alpha value is -0.730. The Morgan fingerprint density at radius 1 is 1.47 bits per heavy atom. The van der Waals surface area contributed by atoms with Crippen molar-refractivity contribution in [1.82, 2.24) is 9.62 Å². The minimum atomic E-state index is -3.29. The Bertz CT molecular complexity index is 379. The zero-order chi connectivity index (χ0) is 13.6. The number of thiocarbonyl (C=S) groups is 1. The second-order valence-electron chi connectivity index (χ2n) is 3.75. The van der Waals surface area contributed by atoms with E-state index >= 15 is 0 Å². The van der Waals surface area contributed by atoms with Gasteiger partial charge in [-0.15, -0.1) is 0 Å². The van der Waals surface area contributed by atoms with E-state index in [4.69, 9.17) is 18.0 Å². The number of carbonyl (C=O) groups is 1. The van der Waals surface area contributed by atoms with Gasteiger partial charge in [-0.1, -0.05) is 19.1 Å². The topological polar surface area (TPSA) is 92.5 Å². The van der Waals surface area contributed by atoms with Gasteiger partial charge in [0.1, 0.15) is 0 Å². The first kappa shape index (κ1) is 16.3. The van der Waals surface area contributed by atoms with Crippen LogP contribution in [0.1, 0.15) is 13.3 Å². The molecular weight excluding hydrogens is 262 g/mol. The highest BCUT2D eigenvalue weighted by Gasteiger charge is 2.20. The second-order valence-corrected chi connectivity index (χ2v) is 6.53. The molecule has 0 rings (SSSR count). The van der Waals surface area contributed by atoms with E-state index in [1.165, 1.54) is 14.1 Å². The SMILES string of the molecule is CCC(C(=O)NCCS(=O)(=O)N(C)C)C(N)=S. The molecule has 1 atom stereocenters. The van der Waals surface area contributed by atoms with Gasteiger partial charge in [-0.25, -0.2) is 12.7 Å². The van der Waals surface area contributed by atoms with E-state index in [1.54, 1.807) is 6.92 Å². The average Bonchev–Trinajstić information content (AvgIpc) is 2.17. The van der Waals surface area contributed by atoms with Gasteiger partial charge >= 0.3 is 0 Å². The van der Waals surface area contributed by atoms with Gasteiger partial charge in [0.15, 0.2) is 0 Å². The van der Waals surface area contributed by atoms with E-state index in [0.717, 1.165) is 4.31 Å². The number of nitrogens with two attached hydrogens (primary N) is 1. The number of carbonyl (C=O) groups excluding carboxylic acids is 1. The van der Waals surface area contributed by atoms with Crippen LogP contribution in [0.15, 0.2) is 0 Å². The normalized spacial score (nSPS) is 13.4. The fourth-order valence-electron chi connectivity index (χ4n) is 1.12. The molecule has 0 aliphatic carbocycles. The monoisotopic (exact) mass is 281 g/mol. The van der Waals surface area contributed by atoms with Crippen LogP contribution in [-0.4, -0.2) is 50.0 Å². The van der Waals surface area contributed by atoms with Crippen molar-refractivity contribution in [2.75, 3.05) is 26.4 Å². The van der Waals surface area contributed by atoms with E-state index in [2.05, 4.69) is 5.32 Å². The molecule has 17 heavy (non-hydrogen) atoms. The van der Waals surface area contributed by atoms with Crippen LogP contribution >= 0.6 is 12.2 Å². The summed E-state index contributed by atoms with van der Waals surface area (Å²) < 4.78 is 23.9. The van der Waals surface area contributed by atoms with Gasteiger partial charge < -0.3 is 11.1 Å². The lowest BCUT2D eigenvalue weighted by atomic mass is 10.1. The molecule has 0 aliphatic heterocycles. The highest BCUT2D eigenvalue weighted by molar-refractivity contribution is 7.89. The first-order chi connectivity index (χ1) is 7.72. The molecule has 0 saturated heterocycles. The highest BCUT2D eigenvalue weighted by atomic mass is 32.2. The molecule has 6 nitrogen and oxygen atoms in total. The highest BCUT2D eigenvalue weighted by Crippen LogP contribution is 2.02. The molecule has 0 radical (unpaired) electrons. The number of hydrogen-bond donors (Lipinski definition) is 2. The van der Waals surface area contributed by atoms with E-state index < -0.39 is 15.9 Å². The summed E-state index contributed by atoms with van der Waals surface area (Å²) in [6.07, 6.45) is 0.502. The zero-order valence-corrected chi connectivity index (χ0v) is 11.9. The fraction of sp³-hybridized carbons (Fsp3) is 0.778. The van der Waals surface area contributed by atoms with Crippen LogP contribution in [0, 0.1) is 5.92 Å². The van der Waals surface area contributed by atoms with Crippen molar-refractivity contribution in [3.63, 3.8) is 0 Å². The van der Waals surface area contributed by atoms with Crippen LogP contribution in [0.25, 0.3) is 0 Å². The van der Waals surface area contributed by atoms with Crippen molar-refractivity contribution in [2.45, 2.75) is 13.3 Å². The Balaban J connectivity index is 4.23. The Morgan fingerprint density at radius 3 is 2.35 bits per heavy atom. The summed E-state index contributed by atoms with van der Waals surface area (Å²) in [7, 11) is -0.401. The maximum Gasteiger partial charge on any atom is 0.229 e. The van der Waals surface area contributed by atoms with Crippen LogP contribution in [0.4, 0.5) is 0 Å². The first-order valence-electron chi connectivity index (χ1n) is 5.19. The number of nitrogens with zero attached hydrogens (tertiary/aromatic N) is 1. The van der Waals surface area contributed by atoms with Crippen molar-refractivity contribution >= 4 is 33.1 Å². The molecule has 0 aromatic carbocycles. The summed E-state index contributed by atoms with van der Waals surface area (Å²) in [5.41, 5.74) is 5.40. The zero-order valence-electron chi connectivity index (χ0n) is 10.3. The molecule has 100 valence electrons. The summed E-state index contributed by atoms with van der Waals surface area (Å²) in [5.74, 6) is -1.000. The molecule has 0 fully saturated rings. The van der Waals surface area contributed by atoms with Gasteiger partial charge in [0.05, 0.1) is 16.7 Å². The summed E-state index contributed by atoms with van der Waals surface area (Å²) in [5, 5.41) is 2.51. The number of nitrogens with one attached hydrogen (secondary N) is 1. The third-order valence-corrected chi connectivity index (χ3v) is 4.40. The van der Waals surface area contributed by atoms with Gasteiger partial charge in [0.2, 0.25) is 15.9 Å². The molecule has 8 heteroatoms. The molecule has 0 heterocycles. The third kappa shape index (κ3) is 5.42. The largest absolute Gasteiger partial charge is 0.393 e. The van der Waals surface area contributed by atoms with Crippen LogP contribution in [0.5, 0.6) is 0 Å². The van der Waals surface area contributed by atoms with E-state index in [9.17, 15) is 13.2 Å². The molecule has 0 saturated carbocycles. The summed E-state index contributed by atoms with van der Waals surface area (Å²) in [6, 6.07) is 0. The molecule has 0 aromatic heterocycles. The molecule has 0 aromatic rings. The quantitative estimate of drug-likeness (QED) is 0.602. The van der Waals surface area contributed by atoms with Gasteiger partial charge in [-0.3, -0.25) is 4.79 Å². The Labute approximate surface area is 108 Å². The number of amides is 1. The molecule has 1 amide bonds. The number of sulfonamides is 1. The Kier molecular flexibility index (Phi) is 6.58. The molecule has 3 N–H and O–H groups in total. The standard InChI is InChI=1S/C9H19N3O3S2/c1-4-7(8(10)16)9(13)11-5-6-17(14,15)12(2)3/h7H,4-6H2,1-3H3,(H2,10,16)(H,11,13). The predicted molar refractivity (Wildman–Crippen MR) is 71.0 cm³/mol. The van der Waals surface area contributed by atoms with Crippen LogP contribution in [-0.2, 0) is 14.8 Å².